The van der Waals surface area contributed by atoms with Crippen LogP contribution in [-0.4, -0.2) is 21.4 Å². The lowest BCUT2D eigenvalue weighted by molar-refractivity contribution is 0.560. The van der Waals surface area contributed by atoms with Gasteiger partial charge in [-0.25, -0.2) is 9.89 Å². The Morgan fingerprint density at radius 3 is 3.06 bits per heavy atom. The van der Waals surface area contributed by atoms with Crippen molar-refractivity contribution >= 4 is 12.0 Å². The Bertz CT molecular complexity index is 595. The van der Waals surface area contributed by atoms with Gasteiger partial charge in [0.25, 0.3) is 5.56 Å². The van der Waals surface area contributed by atoms with E-state index in [1.807, 2.05) is 4.98 Å². The number of anilines is 1. The molecule has 0 amide bonds. The lowest BCUT2D eigenvalue weighted by Gasteiger charge is -1.94. The second kappa shape index (κ2) is 4.26. The first-order chi connectivity index (χ1) is 7.75. The molecule has 2 rings (SSSR count). The van der Waals surface area contributed by atoms with E-state index >= 15 is 0 Å². The van der Waals surface area contributed by atoms with Crippen LogP contribution in [0, 0.1) is 0 Å². The standard InChI is InChI=1S/C8H7N5O3/c14-7-6(12-13-8(15)10-7)11-9-4-5-2-1-3-16-5/h1-4H,(H,11,12)(H2,10,13,14,15)/b9-4-. The van der Waals surface area contributed by atoms with Gasteiger partial charge in [-0.3, -0.25) is 15.2 Å². The van der Waals surface area contributed by atoms with Crippen LogP contribution in [0.4, 0.5) is 5.82 Å². The van der Waals surface area contributed by atoms with E-state index in [1.54, 1.807) is 12.1 Å². The third-order valence-corrected chi connectivity index (χ3v) is 1.62. The van der Waals surface area contributed by atoms with E-state index in [0.717, 1.165) is 0 Å². The van der Waals surface area contributed by atoms with Gasteiger partial charge in [0, 0.05) is 0 Å². The molecule has 16 heavy (non-hydrogen) atoms. The summed E-state index contributed by atoms with van der Waals surface area (Å²) in [4.78, 5) is 23.8. The minimum absolute atomic E-state index is 0.109. The molecule has 0 aliphatic rings. The Balaban J connectivity index is 2.11. The summed E-state index contributed by atoms with van der Waals surface area (Å²) < 4.78 is 4.97. The maximum Gasteiger partial charge on any atom is 0.342 e. The molecule has 8 nitrogen and oxygen atoms in total. The highest BCUT2D eigenvalue weighted by Crippen LogP contribution is 1.95. The average Bonchev–Trinajstić information content (AvgIpc) is 2.74. The largest absolute Gasteiger partial charge is 0.463 e. The predicted molar refractivity (Wildman–Crippen MR) is 55.4 cm³/mol. The maximum atomic E-state index is 11.1. The van der Waals surface area contributed by atoms with E-state index in [0.29, 0.717) is 5.76 Å². The highest BCUT2D eigenvalue weighted by atomic mass is 16.3. The van der Waals surface area contributed by atoms with Crippen LogP contribution < -0.4 is 16.7 Å². The molecule has 82 valence electrons. The summed E-state index contributed by atoms with van der Waals surface area (Å²) in [5.74, 6) is 0.413. The van der Waals surface area contributed by atoms with Crippen molar-refractivity contribution in [2.75, 3.05) is 5.43 Å². The summed E-state index contributed by atoms with van der Waals surface area (Å²) in [6.45, 7) is 0. The van der Waals surface area contributed by atoms with Crippen LogP contribution in [0.3, 0.4) is 0 Å². The van der Waals surface area contributed by atoms with Gasteiger partial charge in [0.05, 0.1) is 12.5 Å². The van der Waals surface area contributed by atoms with Crippen molar-refractivity contribution in [3.05, 3.63) is 45.0 Å². The molecule has 2 heterocycles. The zero-order chi connectivity index (χ0) is 11.4. The minimum Gasteiger partial charge on any atom is -0.463 e. The van der Waals surface area contributed by atoms with Crippen molar-refractivity contribution in [3.8, 4) is 0 Å². The van der Waals surface area contributed by atoms with Crippen LogP contribution in [0.1, 0.15) is 5.76 Å². The van der Waals surface area contributed by atoms with Gasteiger partial charge in [-0.2, -0.15) is 5.10 Å². The molecule has 0 bridgehead atoms. The summed E-state index contributed by atoms with van der Waals surface area (Å²) in [5, 5.41) is 9.22. The van der Waals surface area contributed by atoms with Gasteiger partial charge in [-0.15, -0.1) is 5.10 Å². The molecule has 3 N–H and O–H groups in total. The quantitative estimate of drug-likeness (QED) is 0.477. The average molecular weight is 221 g/mol. The number of hydrogen-bond acceptors (Lipinski definition) is 6. The number of H-pyrrole nitrogens is 2. The molecule has 0 spiro atoms. The fraction of sp³-hybridized carbons (Fsp3) is 0. The molecule has 0 radical (unpaired) electrons. The number of furan rings is 1. The molecule has 8 heteroatoms. The van der Waals surface area contributed by atoms with Crippen LogP contribution in [0.2, 0.25) is 0 Å². The number of aromatic amines is 2. The molecule has 2 aromatic rings. The van der Waals surface area contributed by atoms with Crippen molar-refractivity contribution in [3.63, 3.8) is 0 Å². The molecule has 0 aliphatic heterocycles. The van der Waals surface area contributed by atoms with Gasteiger partial charge < -0.3 is 4.42 Å². The summed E-state index contributed by atoms with van der Waals surface area (Å²) in [6.07, 6.45) is 2.86. The Hall–Kier alpha value is -2.64. The van der Waals surface area contributed by atoms with E-state index < -0.39 is 11.2 Å². The molecule has 0 saturated carbocycles. The Kier molecular flexibility index (Phi) is 2.63. The lowest BCUT2D eigenvalue weighted by atomic mass is 10.5. The Morgan fingerprint density at radius 2 is 2.38 bits per heavy atom. The summed E-state index contributed by atoms with van der Waals surface area (Å²) in [6, 6.07) is 3.39. The summed E-state index contributed by atoms with van der Waals surface area (Å²) in [5.41, 5.74) is 1.04. The van der Waals surface area contributed by atoms with Gasteiger partial charge in [0.2, 0.25) is 5.82 Å². The normalized spacial score (nSPS) is 10.8. The Labute approximate surface area is 88.0 Å². The van der Waals surface area contributed by atoms with Crippen LogP contribution >= 0.6 is 0 Å². The van der Waals surface area contributed by atoms with Crippen LogP contribution in [0.5, 0.6) is 0 Å². The van der Waals surface area contributed by atoms with E-state index in [-0.39, 0.29) is 5.82 Å². The van der Waals surface area contributed by atoms with E-state index in [4.69, 9.17) is 4.42 Å². The van der Waals surface area contributed by atoms with Crippen LogP contribution in [0.15, 0.2) is 37.5 Å². The van der Waals surface area contributed by atoms with Gasteiger partial charge >= 0.3 is 5.69 Å². The molecular formula is C8H7N5O3. The number of nitrogens with zero attached hydrogens (tertiary/aromatic N) is 2. The second-order valence-electron chi connectivity index (χ2n) is 2.74. The molecular weight excluding hydrogens is 214 g/mol. The molecule has 0 unspecified atom stereocenters. The van der Waals surface area contributed by atoms with Crippen molar-refractivity contribution in [2.45, 2.75) is 0 Å². The monoisotopic (exact) mass is 221 g/mol. The third-order valence-electron chi connectivity index (χ3n) is 1.62. The summed E-state index contributed by atoms with van der Waals surface area (Å²) >= 11 is 0. The van der Waals surface area contributed by atoms with Crippen LogP contribution in [0.25, 0.3) is 0 Å². The molecule has 0 aliphatic carbocycles. The van der Waals surface area contributed by atoms with Crippen molar-refractivity contribution in [2.24, 2.45) is 5.10 Å². The number of nitrogens with one attached hydrogen (secondary N) is 3. The molecule has 2 aromatic heterocycles. The molecule has 0 atom stereocenters. The van der Waals surface area contributed by atoms with Gasteiger partial charge in [-0.05, 0) is 12.1 Å². The topological polar surface area (TPSA) is 116 Å². The van der Waals surface area contributed by atoms with Gasteiger partial charge in [0.15, 0.2) is 0 Å². The lowest BCUT2D eigenvalue weighted by Crippen LogP contribution is -2.25. The number of hydrogen-bond donors (Lipinski definition) is 3. The fourth-order valence-corrected chi connectivity index (χ4v) is 0.945. The first-order valence-corrected chi connectivity index (χ1v) is 4.27. The van der Waals surface area contributed by atoms with E-state index in [1.165, 1.54) is 12.5 Å². The SMILES string of the molecule is O=c1[nH]nc(N/N=C\c2ccco2)c(=O)[nH]1. The number of hydrazone groups is 1. The molecule has 0 aromatic carbocycles. The van der Waals surface area contributed by atoms with E-state index in [2.05, 4.69) is 20.7 Å². The predicted octanol–water partition coefficient (Wildman–Crippen LogP) is -0.503. The van der Waals surface area contributed by atoms with Crippen molar-refractivity contribution in [1.82, 2.24) is 15.2 Å². The summed E-state index contributed by atoms with van der Waals surface area (Å²) in [7, 11) is 0. The minimum atomic E-state index is -0.675. The Morgan fingerprint density at radius 1 is 1.50 bits per heavy atom. The first-order valence-electron chi connectivity index (χ1n) is 4.27. The highest BCUT2D eigenvalue weighted by Gasteiger charge is 1.98. The smallest absolute Gasteiger partial charge is 0.342 e. The van der Waals surface area contributed by atoms with Gasteiger partial charge in [-0.1, -0.05) is 0 Å². The molecule has 0 saturated heterocycles. The maximum absolute atomic E-state index is 11.1. The highest BCUT2D eigenvalue weighted by molar-refractivity contribution is 5.76. The third kappa shape index (κ3) is 2.23. The zero-order valence-corrected chi connectivity index (χ0v) is 7.93. The zero-order valence-electron chi connectivity index (χ0n) is 7.93. The fourth-order valence-electron chi connectivity index (χ4n) is 0.945. The van der Waals surface area contributed by atoms with Gasteiger partial charge in [0.1, 0.15) is 5.76 Å². The van der Waals surface area contributed by atoms with E-state index in [9.17, 15) is 9.59 Å². The second-order valence-corrected chi connectivity index (χ2v) is 2.74. The van der Waals surface area contributed by atoms with Crippen molar-refractivity contribution in [1.29, 1.82) is 0 Å². The molecule has 0 fully saturated rings. The first kappa shape index (κ1) is 9.90. The van der Waals surface area contributed by atoms with Crippen molar-refractivity contribution < 1.29 is 4.42 Å². The number of aromatic nitrogens is 3. The van der Waals surface area contributed by atoms with Crippen LogP contribution in [-0.2, 0) is 0 Å². The number of rotatable bonds is 3.